The molecule has 0 saturated heterocycles. The Morgan fingerprint density at radius 3 is 2.79 bits per heavy atom. The van der Waals surface area contributed by atoms with Crippen molar-refractivity contribution in [1.82, 2.24) is 0 Å². The van der Waals surface area contributed by atoms with E-state index in [0.717, 1.165) is 0 Å². The molecular weight excluding hydrogens is 184 g/mol. The summed E-state index contributed by atoms with van der Waals surface area (Å²) in [6, 6.07) is 0. The van der Waals surface area contributed by atoms with Crippen molar-refractivity contribution < 1.29 is 19.4 Å². The Morgan fingerprint density at radius 1 is 1.71 bits per heavy atom. The molecule has 0 aliphatic heterocycles. The number of carbonyl (C=O) groups excluding carboxylic acids is 2. The first-order chi connectivity index (χ1) is 6.48. The third kappa shape index (κ3) is 2.32. The molecule has 1 saturated carbocycles. The molecule has 1 fully saturated rings. The van der Waals surface area contributed by atoms with Crippen LogP contribution in [0, 0.1) is 5.92 Å². The van der Waals surface area contributed by atoms with Crippen molar-refractivity contribution in [2.75, 3.05) is 6.61 Å². The first-order valence-corrected chi connectivity index (χ1v) is 4.89. The number of rotatable bonds is 3. The molecule has 80 valence electrons. The lowest BCUT2D eigenvalue weighted by molar-refractivity contribution is -0.153. The van der Waals surface area contributed by atoms with Gasteiger partial charge in [-0.25, -0.2) is 0 Å². The van der Waals surface area contributed by atoms with Gasteiger partial charge in [-0.2, -0.15) is 0 Å². The summed E-state index contributed by atoms with van der Waals surface area (Å²) in [7, 11) is 0. The number of carbonyl (C=O) groups is 2. The highest BCUT2D eigenvalue weighted by atomic mass is 16.5. The van der Waals surface area contributed by atoms with Crippen LogP contribution in [0.3, 0.4) is 0 Å². The third-order valence-corrected chi connectivity index (χ3v) is 2.48. The minimum Gasteiger partial charge on any atom is -0.466 e. The predicted octanol–water partition coefficient (Wildman–Crippen LogP) is 0.670. The van der Waals surface area contributed by atoms with E-state index in [4.69, 9.17) is 4.74 Å². The van der Waals surface area contributed by atoms with Crippen molar-refractivity contribution in [3.8, 4) is 0 Å². The van der Waals surface area contributed by atoms with Crippen molar-refractivity contribution in [1.29, 1.82) is 0 Å². The smallest absolute Gasteiger partial charge is 0.309 e. The fourth-order valence-electron chi connectivity index (χ4n) is 1.89. The van der Waals surface area contributed by atoms with E-state index in [1.807, 2.05) is 6.92 Å². The monoisotopic (exact) mass is 200 g/mol. The lowest BCUT2D eigenvalue weighted by Crippen LogP contribution is -2.36. The highest BCUT2D eigenvalue weighted by Gasteiger charge is 2.45. The van der Waals surface area contributed by atoms with Crippen LogP contribution in [0.4, 0.5) is 0 Å². The van der Waals surface area contributed by atoms with Gasteiger partial charge in [-0.15, -0.1) is 0 Å². The molecule has 1 rings (SSSR count). The first kappa shape index (κ1) is 11.2. The average Bonchev–Trinajstić information content (AvgIpc) is 2.25. The standard InChI is InChI=1S/C10H16O4/c1-3-14-9(12)6-10(13)5-7(2)4-8(10)11/h7,13H,3-6H2,1-2H3. The summed E-state index contributed by atoms with van der Waals surface area (Å²) in [5.41, 5.74) is -1.47. The van der Waals surface area contributed by atoms with E-state index >= 15 is 0 Å². The summed E-state index contributed by atoms with van der Waals surface area (Å²) in [5.74, 6) is -0.586. The summed E-state index contributed by atoms with van der Waals surface area (Å²) in [6.07, 6.45) is 0.518. The molecule has 0 amide bonds. The Balaban J connectivity index is 2.58. The Labute approximate surface area is 83.2 Å². The molecule has 1 aliphatic rings. The fraction of sp³-hybridized carbons (Fsp3) is 0.800. The van der Waals surface area contributed by atoms with Crippen LogP contribution < -0.4 is 0 Å². The molecule has 0 aromatic heterocycles. The number of hydrogen-bond acceptors (Lipinski definition) is 4. The number of Topliss-reactive ketones (excluding diaryl/α,β-unsaturated/α-hetero) is 1. The summed E-state index contributed by atoms with van der Waals surface area (Å²) >= 11 is 0. The highest BCUT2D eigenvalue weighted by molar-refractivity contribution is 5.93. The minimum atomic E-state index is -1.47. The lowest BCUT2D eigenvalue weighted by Gasteiger charge is -2.19. The van der Waals surface area contributed by atoms with Gasteiger partial charge in [-0.3, -0.25) is 9.59 Å². The molecule has 1 aliphatic carbocycles. The molecule has 1 N–H and O–H groups in total. The average molecular weight is 200 g/mol. The fourth-order valence-corrected chi connectivity index (χ4v) is 1.89. The second-order valence-electron chi connectivity index (χ2n) is 3.95. The van der Waals surface area contributed by atoms with Crippen molar-refractivity contribution >= 4 is 11.8 Å². The second kappa shape index (κ2) is 4.09. The van der Waals surface area contributed by atoms with E-state index in [1.54, 1.807) is 6.92 Å². The largest absolute Gasteiger partial charge is 0.466 e. The Morgan fingerprint density at radius 2 is 2.36 bits per heavy atom. The molecule has 0 radical (unpaired) electrons. The number of ether oxygens (including phenoxy) is 1. The van der Waals surface area contributed by atoms with Crippen LogP contribution in [0.5, 0.6) is 0 Å². The number of ketones is 1. The lowest BCUT2D eigenvalue weighted by atomic mass is 9.96. The minimum absolute atomic E-state index is 0.155. The predicted molar refractivity (Wildman–Crippen MR) is 49.6 cm³/mol. The van der Waals surface area contributed by atoms with Gasteiger partial charge in [0.25, 0.3) is 0 Å². The van der Waals surface area contributed by atoms with Gasteiger partial charge in [0.05, 0.1) is 13.0 Å². The van der Waals surface area contributed by atoms with Gasteiger partial charge in [0.1, 0.15) is 5.60 Å². The Bertz CT molecular complexity index is 249. The number of esters is 1. The van der Waals surface area contributed by atoms with Gasteiger partial charge < -0.3 is 9.84 Å². The van der Waals surface area contributed by atoms with E-state index in [0.29, 0.717) is 12.8 Å². The quantitative estimate of drug-likeness (QED) is 0.680. The van der Waals surface area contributed by atoms with Gasteiger partial charge in [-0.1, -0.05) is 6.92 Å². The molecule has 0 heterocycles. The highest BCUT2D eigenvalue weighted by Crippen LogP contribution is 2.33. The van der Waals surface area contributed by atoms with Crippen molar-refractivity contribution in [2.45, 2.75) is 38.7 Å². The van der Waals surface area contributed by atoms with Crippen LogP contribution in [0.15, 0.2) is 0 Å². The molecule has 14 heavy (non-hydrogen) atoms. The summed E-state index contributed by atoms with van der Waals surface area (Å²) in [5, 5.41) is 9.88. The van der Waals surface area contributed by atoms with Crippen LogP contribution in [-0.4, -0.2) is 29.1 Å². The zero-order valence-electron chi connectivity index (χ0n) is 8.58. The van der Waals surface area contributed by atoms with E-state index in [2.05, 4.69) is 0 Å². The van der Waals surface area contributed by atoms with Gasteiger partial charge >= 0.3 is 5.97 Å². The van der Waals surface area contributed by atoms with Crippen molar-refractivity contribution in [3.63, 3.8) is 0 Å². The van der Waals surface area contributed by atoms with Crippen LogP contribution >= 0.6 is 0 Å². The summed E-state index contributed by atoms with van der Waals surface area (Å²) in [6.45, 7) is 3.86. The molecule has 2 unspecified atom stereocenters. The molecule has 4 heteroatoms. The van der Waals surface area contributed by atoms with E-state index in [-0.39, 0.29) is 24.7 Å². The zero-order valence-corrected chi connectivity index (χ0v) is 8.58. The molecule has 0 aromatic rings. The first-order valence-electron chi connectivity index (χ1n) is 4.89. The summed E-state index contributed by atoms with van der Waals surface area (Å²) < 4.78 is 4.70. The Hall–Kier alpha value is -0.900. The second-order valence-corrected chi connectivity index (χ2v) is 3.95. The molecule has 0 aromatic carbocycles. The Kier molecular flexibility index (Phi) is 3.26. The third-order valence-electron chi connectivity index (χ3n) is 2.48. The maximum absolute atomic E-state index is 11.4. The van der Waals surface area contributed by atoms with E-state index in [9.17, 15) is 14.7 Å². The van der Waals surface area contributed by atoms with Crippen LogP contribution in [0.25, 0.3) is 0 Å². The van der Waals surface area contributed by atoms with Crippen molar-refractivity contribution in [3.05, 3.63) is 0 Å². The maximum Gasteiger partial charge on any atom is 0.309 e. The summed E-state index contributed by atoms with van der Waals surface area (Å²) in [4.78, 5) is 22.5. The SMILES string of the molecule is CCOC(=O)CC1(O)CC(C)CC1=O. The normalized spacial score (nSPS) is 31.9. The molecule has 0 spiro atoms. The van der Waals surface area contributed by atoms with Gasteiger partial charge in [0, 0.05) is 6.42 Å². The van der Waals surface area contributed by atoms with Crippen LogP contribution in [0.2, 0.25) is 0 Å². The van der Waals surface area contributed by atoms with Crippen molar-refractivity contribution in [2.24, 2.45) is 5.92 Å². The van der Waals surface area contributed by atoms with E-state index in [1.165, 1.54) is 0 Å². The van der Waals surface area contributed by atoms with E-state index < -0.39 is 11.6 Å². The molecule has 2 atom stereocenters. The zero-order chi connectivity index (χ0) is 10.8. The topological polar surface area (TPSA) is 63.6 Å². The van der Waals surface area contributed by atoms with Gasteiger partial charge in [0.2, 0.25) is 0 Å². The van der Waals surface area contributed by atoms with Crippen LogP contribution in [0.1, 0.15) is 33.1 Å². The van der Waals surface area contributed by atoms with Gasteiger partial charge in [0.15, 0.2) is 5.78 Å². The molecule has 0 bridgehead atoms. The van der Waals surface area contributed by atoms with Crippen LogP contribution in [-0.2, 0) is 14.3 Å². The maximum atomic E-state index is 11.4. The molecule has 4 nitrogen and oxygen atoms in total. The van der Waals surface area contributed by atoms with Gasteiger partial charge in [-0.05, 0) is 19.3 Å². The number of aliphatic hydroxyl groups is 1. The number of hydrogen-bond donors (Lipinski definition) is 1. The molecular formula is C10H16O4.